The van der Waals surface area contributed by atoms with Crippen LogP contribution in [0.25, 0.3) is 0 Å². The largest absolute Gasteiger partial charge is 0.393 e. The smallest absolute Gasteiger partial charge is 0.254 e. The van der Waals surface area contributed by atoms with Crippen molar-refractivity contribution in [2.45, 2.75) is 13.8 Å². The molecular formula is C13H17IN2OS. The van der Waals surface area contributed by atoms with Crippen molar-refractivity contribution in [3.8, 4) is 0 Å². The van der Waals surface area contributed by atoms with Gasteiger partial charge in [-0.1, -0.05) is 31.3 Å². The van der Waals surface area contributed by atoms with Crippen molar-refractivity contribution in [2.75, 3.05) is 13.6 Å². The highest BCUT2D eigenvalue weighted by Crippen LogP contribution is 2.18. The molecule has 1 atom stereocenters. The average molecular weight is 376 g/mol. The maximum atomic E-state index is 12.3. The van der Waals surface area contributed by atoms with Crippen LogP contribution >= 0.6 is 34.8 Å². The van der Waals surface area contributed by atoms with Gasteiger partial charge < -0.3 is 10.6 Å². The van der Waals surface area contributed by atoms with Crippen LogP contribution in [0.3, 0.4) is 0 Å². The molecule has 0 spiro atoms. The summed E-state index contributed by atoms with van der Waals surface area (Å²) in [5.41, 5.74) is 7.41. The summed E-state index contributed by atoms with van der Waals surface area (Å²) in [5.74, 6) is 0.0302. The molecule has 0 heterocycles. The first kappa shape index (κ1) is 15.4. The highest BCUT2D eigenvalue weighted by Gasteiger charge is 2.18. The van der Waals surface area contributed by atoms with Crippen LogP contribution in [0, 0.1) is 16.4 Å². The fourth-order valence-electron chi connectivity index (χ4n) is 1.60. The van der Waals surface area contributed by atoms with Gasteiger partial charge in [0.2, 0.25) is 0 Å². The van der Waals surface area contributed by atoms with Gasteiger partial charge >= 0.3 is 0 Å². The summed E-state index contributed by atoms with van der Waals surface area (Å²) in [7, 11) is 1.77. The maximum absolute atomic E-state index is 12.3. The molecule has 0 aliphatic heterocycles. The van der Waals surface area contributed by atoms with Gasteiger partial charge in [0.1, 0.15) is 0 Å². The first-order chi connectivity index (χ1) is 8.34. The van der Waals surface area contributed by atoms with E-state index < -0.39 is 0 Å². The number of nitrogens with zero attached hydrogens (tertiary/aromatic N) is 1. The molecule has 0 aliphatic rings. The van der Waals surface area contributed by atoms with E-state index in [-0.39, 0.29) is 11.8 Å². The second kappa shape index (κ2) is 6.47. The Hall–Kier alpha value is -0.690. The summed E-state index contributed by atoms with van der Waals surface area (Å²) in [4.78, 5) is 14.4. The van der Waals surface area contributed by atoms with E-state index in [0.717, 1.165) is 14.7 Å². The number of halogens is 1. The molecule has 2 N–H and O–H groups in total. The first-order valence-corrected chi connectivity index (χ1v) is 7.13. The van der Waals surface area contributed by atoms with Gasteiger partial charge in [0, 0.05) is 23.1 Å². The van der Waals surface area contributed by atoms with Crippen LogP contribution in [0.5, 0.6) is 0 Å². The first-order valence-electron chi connectivity index (χ1n) is 5.64. The third-order valence-corrected chi connectivity index (χ3v) is 4.64. The van der Waals surface area contributed by atoms with Crippen LogP contribution in [0.2, 0.25) is 0 Å². The number of amides is 1. The Morgan fingerprint density at radius 1 is 1.56 bits per heavy atom. The average Bonchev–Trinajstić information content (AvgIpc) is 2.31. The summed E-state index contributed by atoms with van der Waals surface area (Å²) in [5, 5.41) is 0. The van der Waals surface area contributed by atoms with Gasteiger partial charge in [0.25, 0.3) is 5.91 Å². The minimum atomic E-state index is 0.00574. The van der Waals surface area contributed by atoms with Gasteiger partial charge in [-0.05, 0) is 41.1 Å². The molecule has 0 fully saturated rings. The van der Waals surface area contributed by atoms with E-state index in [9.17, 15) is 4.79 Å². The monoisotopic (exact) mass is 376 g/mol. The molecular weight excluding hydrogens is 359 g/mol. The molecule has 0 aromatic heterocycles. The Morgan fingerprint density at radius 3 is 2.72 bits per heavy atom. The lowest BCUT2D eigenvalue weighted by Crippen LogP contribution is -2.35. The number of rotatable bonds is 4. The highest BCUT2D eigenvalue weighted by molar-refractivity contribution is 14.1. The topological polar surface area (TPSA) is 46.3 Å². The van der Waals surface area contributed by atoms with Crippen LogP contribution in [0.1, 0.15) is 22.8 Å². The summed E-state index contributed by atoms with van der Waals surface area (Å²) >= 11 is 7.13. The normalized spacial score (nSPS) is 12.0. The minimum Gasteiger partial charge on any atom is -0.393 e. The highest BCUT2D eigenvalue weighted by atomic mass is 127. The molecule has 0 saturated carbocycles. The number of thiocarbonyl (C=S) groups is 1. The lowest BCUT2D eigenvalue weighted by atomic mass is 10.1. The zero-order chi connectivity index (χ0) is 13.9. The van der Waals surface area contributed by atoms with Gasteiger partial charge in [-0.15, -0.1) is 0 Å². The van der Waals surface area contributed by atoms with Crippen LogP contribution < -0.4 is 5.73 Å². The Bertz CT molecular complexity index is 476. The van der Waals surface area contributed by atoms with Crippen molar-refractivity contribution in [3.05, 3.63) is 32.9 Å². The summed E-state index contributed by atoms with van der Waals surface area (Å²) in [6.45, 7) is 4.46. The number of carbonyl (C=O) groups is 1. The standard InChI is InChI=1S/C13H17IN2OS/c1-8-5-4-6-10(11(8)14)13(17)16(3)7-9(2)12(15)18/h4-6,9H,7H2,1-3H3,(H2,15,18). The molecule has 3 nitrogen and oxygen atoms in total. The van der Waals surface area contributed by atoms with Crippen LogP contribution in [-0.2, 0) is 0 Å². The number of hydrogen-bond acceptors (Lipinski definition) is 2. The molecule has 0 bridgehead atoms. The van der Waals surface area contributed by atoms with Gasteiger partial charge in [-0.3, -0.25) is 4.79 Å². The van der Waals surface area contributed by atoms with E-state index in [0.29, 0.717) is 11.5 Å². The summed E-state index contributed by atoms with van der Waals surface area (Å²) in [6, 6.07) is 5.74. The molecule has 1 unspecified atom stereocenters. The van der Waals surface area contributed by atoms with E-state index in [1.165, 1.54) is 0 Å². The number of benzene rings is 1. The molecule has 5 heteroatoms. The van der Waals surface area contributed by atoms with Crippen molar-refractivity contribution in [3.63, 3.8) is 0 Å². The molecule has 98 valence electrons. The fraction of sp³-hybridized carbons (Fsp3) is 0.385. The second-order valence-corrected chi connectivity index (χ2v) is 5.98. The predicted molar refractivity (Wildman–Crippen MR) is 86.8 cm³/mol. The molecule has 1 aromatic rings. The van der Waals surface area contributed by atoms with Gasteiger partial charge in [-0.25, -0.2) is 0 Å². The Morgan fingerprint density at radius 2 is 2.17 bits per heavy atom. The van der Waals surface area contributed by atoms with Crippen molar-refractivity contribution in [1.29, 1.82) is 0 Å². The van der Waals surface area contributed by atoms with Crippen molar-refractivity contribution in [1.82, 2.24) is 4.90 Å². The number of carbonyl (C=O) groups excluding carboxylic acids is 1. The van der Waals surface area contributed by atoms with Crippen molar-refractivity contribution >= 4 is 45.7 Å². The van der Waals surface area contributed by atoms with E-state index in [2.05, 4.69) is 22.6 Å². The molecule has 1 aromatic carbocycles. The molecule has 0 radical (unpaired) electrons. The Balaban J connectivity index is 2.87. The van der Waals surface area contributed by atoms with Crippen molar-refractivity contribution in [2.24, 2.45) is 11.7 Å². The van der Waals surface area contributed by atoms with Gasteiger partial charge in [0.05, 0.1) is 10.6 Å². The molecule has 0 saturated heterocycles. The third-order valence-electron chi connectivity index (χ3n) is 2.80. The number of aryl methyl sites for hydroxylation is 1. The SMILES string of the molecule is Cc1cccc(C(=O)N(C)CC(C)C(N)=S)c1I. The fourth-order valence-corrected chi connectivity index (χ4v) is 2.27. The molecule has 18 heavy (non-hydrogen) atoms. The Labute approximate surface area is 127 Å². The quantitative estimate of drug-likeness (QED) is 0.649. The van der Waals surface area contributed by atoms with Gasteiger partial charge in [0.15, 0.2) is 0 Å². The summed E-state index contributed by atoms with van der Waals surface area (Å²) < 4.78 is 0.995. The van der Waals surface area contributed by atoms with Crippen molar-refractivity contribution < 1.29 is 4.79 Å². The summed E-state index contributed by atoms with van der Waals surface area (Å²) in [6.07, 6.45) is 0. The molecule has 1 amide bonds. The maximum Gasteiger partial charge on any atom is 0.254 e. The second-order valence-electron chi connectivity index (χ2n) is 4.43. The third kappa shape index (κ3) is 3.65. The van der Waals surface area contributed by atoms with E-state index in [1.807, 2.05) is 32.0 Å². The van der Waals surface area contributed by atoms with E-state index >= 15 is 0 Å². The van der Waals surface area contributed by atoms with Crippen LogP contribution in [0.4, 0.5) is 0 Å². The predicted octanol–water partition coefficient (Wildman–Crippen LogP) is 2.59. The molecule has 1 rings (SSSR count). The lowest BCUT2D eigenvalue weighted by molar-refractivity contribution is 0.0786. The van der Waals surface area contributed by atoms with Crippen LogP contribution in [0.15, 0.2) is 18.2 Å². The zero-order valence-corrected chi connectivity index (χ0v) is 13.7. The van der Waals surface area contributed by atoms with E-state index in [4.69, 9.17) is 18.0 Å². The van der Waals surface area contributed by atoms with Gasteiger partial charge in [-0.2, -0.15) is 0 Å². The number of nitrogens with two attached hydrogens (primary N) is 1. The molecule has 0 aliphatic carbocycles. The number of hydrogen-bond donors (Lipinski definition) is 1. The Kier molecular flexibility index (Phi) is 5.52. The van der Waals surface area contributed by atoms with Crippen LogP contribution in [-0.4, -0.2) is 29.4 Å². The minimum absolute atomic E-state index is 0.00574. The van der Waals surface area contributed by atoms with E-state index in [1.54, 1.807) is 11.9 Å². The zero-order valence-electron chi connectivity index (χ0n) is 10.7. The lowest BCUT2D eigenvalue weighted by Gasteiger charge is -2.21.